The molecule has 11 nitrogen and oxygen atoms in total. The molecule has 1 aliphatic heterocycles. The summed E-state index contributed by atoms with van der Waals surface area (Å²) in [7, 11) is 0. The molecule has 210 valence electrons. The number of hydrogen-bond donors (Lipinski definition) is 4. The summed E-state index contributed by atoms with van der Waals surface area (Å²) in [6.45, 7) is 0.0134. The number of alkyl halides is 3. The van der Waals surface area contributed by atoms with Gasteiger partial charge in [0.1, 0.15) is 17.3 Å². The average Bonchev–Trinajstić information content (AvgIpc) is 3.54. The number of benzene rings is 2. The van der Waals surface area contributed by atoms with Gasteiger partial charge in [0.05, 0.1) is 6.20 Å². The number of hydrogen-bond acceptors (Lipinski definition) is 8. The largest absolute Gasteiger partial charge is 0.573 e. The van der Waals surface area contributed by atoms with E-state index in [1.165, 1.54) is 53.2 Å². The van der Waals surface area contributed by atoms with Gasteiger partial charge in [-0.15, -0.1) is 13.2 Å². The zero-order valence-corrected chi connectivity index (χ0v) is 20.9. The molecule has 2 aromatic carbocycles. The van der Waals surface area contributed by atoms with Gasteiger partial charge >= 0.3 is 12.4 Å². The fourth-order valence-corrected chi connectivity index (χ4v) is 4.24. The van der Waals surface area contributed by atoms with Crippen molar-refractivity contribution < 1.29 is 31.9 Å². The normalized spacial score (nSPS) is 16.1. The van der Waals surface area contributed by atoms with Crippen LogP contribution in [0.4, 0.5) is 34.3 Å². The predicted molar refractivity (Wildman–Crippen MR) is 138 cm³/mol. The molecule has 1 saturated heterocycles. The summed E-state index contributed by atoms with van der Waals surface area (Å²) >= 11 is 0. The summed E-state index contributed by atoms with van der Waals surface area (Å²) in [5, 5.41) is 15.2. The number of amides is 3. The molecule has 0 atom stereocenters. The predicted octanol–water partition coefficient (Wildman–Crippen LogP) is 4.20. The Morgan fingerprint density at radius 1 is 1.10 bits per heavy atom. The van der Waals surface area contributed by atoms with Gasteiger partial charge in [0, 0.05) is 18.2 Å². The summed E-state index contributed by atoms with van der Waals surface area (Å²) in [6, 6.07) is 8.88. The van der Waals surface area contributed by atoms with Gasteiger partial charge in [-0.1, -0.05) is 18.2 Å². The van der Waals surface area contributed by atoms with Crippen LogP contribution in [0.3, 0.4) is 0 Å². The van der Waals surface area contributed by atoms with Gasteiger partial charge in [0.2, 0.25) is 11.9 Å². The minimum absolute atomic E-state index is 0.0134. The van der Waals surface area contributed by atoms with Gasteiger partial charge in [0.15, 0.2) is 5.65 Å². The van der Waals surface area contributed by atoms with Crippen LogP contribution in [-0.4, -0.2) is 43.9 Å². The lowest BCUT2D eigenvalue weighted by atomic mass is 9.99. The fourth-order valence-electron chi connectivity index (χ4n) is 4.24. The molecule has 4 aromatic rings. The smallest absolute Gasteiger partial charge is 0.406 e. The molecule has 0 unspecified atom stereocenters. The van der Waals surface area contributed by atoms with Gasteiger partial charge in [0.25, 0.3) is 5.91 Å². The molecule has 2 aliphatic rings. The number of imide groups is 1. The van der Waals surface area contributed by atoms with E-state index in [0.717, 1.165) is 12.8 Å². The lowest BCUT2D eigenvalue weighted by Crippen LogP contribution is -2.22. The van der Waals surface area contributed by atoms with Gasteiger partial charge in [-0.05, 0) is 59.9 Å². The summed E-state index contributed by atoms with van der Waals surface area (Å²) in [6.07, 6.45) is -0.0628. The number of nitrogens with zero attached hydrogens (tertiary/aromatic N) is 4. The molecule has 15 heteroatoms. The van der Waals surface area contributed by atoms with Crippen molar-refractivity contribution in [3.05, 3.63) is 71.3 Å². The third-order valence-corrected chi connectivity index (χ3v) is 6.21. The highest BCUT2D eigenvalue weighted by Crippen LogP contribution is 2.31. The van der Waals surface area contributed by atoms with Crippen LogP contribution in [0.1, 0.15) is 24.0 Å². The van der Waals surface area contributed by atoms with Crippen molar-refractivity contribution in [1.29, 1.82) is 0 Å². The molecule has 0 spiro atoms. The van der Waals surface area contributed by atoms with Gasteiger partial charge in [-0.25, -0.2) is 9.18 Å². The Hall–Kier alpha value is -5.21. The minimum atomic E-state index is -4.86. The Kier molecular flexibility index (Phi) is 6.40. The monoisotopic (exact) mass is 568 g/mol. The van der Waals surface area contributed by atoms with Crippen molar-refractivity contribution >= 4 is 35.6 Å². The quantitative estimate of drug-likeness (QED) is 0.141. The van der Waals surface area contributed by atoms with E-state index in [4.69, 9.17) is 0 Å². The zero-order valence-electron chi connectivity index (χ0n) is 20.9. The number of fused-ring (bicyclic) bond motifs is 1. The first-order chi connectivity index (χ1) is 19.6. The average molecular weight is 568 g/mol. The van der Waals surface area contributed by atoms with E-state index in [9.17, 15) is 27.2 Å². The second-order valence-corrected chi connectivity index (χ2v) is 9.32. The lowest BCUT2D eigenvalue weighted by molar-refractivity contribution is -0.274. The maximum atomic E-state index is 14.3. The number of halogens is 4. The van der Waals surface area contributed by atoms with Gasteiger partial charge in [-0.3, -0.25) is 10.1 Å². The SMILES string of the molecule is O=C1NC(=O)/C(=C/c2cnn3c(NC4CC4)nc(NCc4cc(F)ccc4-c4cccc(OC(F)(F)F)c4)nc23)N1. The molecule has 0 radical (unpaired) electrons. The third-order valence-electron chi connectivity index (χ3n) is 6.21. The first kappa shape index (κ1) is 26.0. The van der Waals surface area contributed by atoms with Crippen LogP contribution >= 0.6 is 0 Å². The Balaban J connectivity index is 1.32. The highest BCUT2D eigenvalue weighted by atomic mass is 19.4. The lowest BCUT2D eigenvalue weighted by Gasteiger charge is -2.14. The molecule has 3 heterocycles. The van der Waals surface area contributed by atoms with Crippen LogP contribution in [-0.2, 0) is 11.3 Å². The molecule has 2 fully saturated rings. The van der Waals surface area contributed by atoms with E-state index in [1.54, 1.807) is 6.07 Å². The summed E-state index contributed by atoms with van der Waals surface area (Å²) < 4.78 is 58.0. The third kappa shape index (κ3) is 5.88. The number of anilines is 2. The molecule has 6 rings (SSSR count). The number of carbonyl (C=O) groups excluding carboxylic acids is 2. The Bertz CT molecular complexity index is 1710. The second-order valence-electron chi connectivity index (χ2n) is 9.32. The van der Waals surface area contributed by atoms with Gasteiger partial charge < -0.3 is 20.7 Å². The van der Waals surface area contributed by atoms with E-state index in [0.29, 0.717) is 33.8 Å². The number of aromatic nitrogens is 4. The van der Waals surface area contributed by atoms with Crippen LogP contribution in [0.25, 0.3) is 22.9 Å². The minimum Gasteiger partial charge on any atom is -0.406 e. The van der Waals surface area contributed by atoms with Crippen LogP contribution < -0.4 is 26.0 Å². The van der Waals surface area contributed by atoms with Crippen molar-refractivity contribution in [2.24, 2.45) is 0 Å². The van der Waals surface area contributed by atoms with Gasteiger partial charge in [-0.2, -0.15) is 19.6 Å². The molecule has 1 aliphatic carbocycles. The van der Waals surface area contributed by atoms with Crippen molar-refractivity contribution in [2.45, 2.75) is 31.8 Å². The van der Waals surface area contributed by atoms with E-state index < -0.39 is 29.9 Å². The van der Waals surface area contributed by atoms with E-state index in [-0.39, 0.29) is 24.2 Å². The maximum Gasteiger partial charge on any atom is 0.573 e. The first-order valence-electron chi connectivity index (χ1n) is 12.4. The highest BCUT2D eigenvalue weighted by Gasteiger charge is 2.31. The second kappa shape index (κ2) is 10.1. The van der Waals surface area contributed by atoms with Crippen molar-refractivity contribution in [3.63, 3.8) is 0 Å². The van der Waals surface area contributed by atoms with Crippen LogP contribution in [0, 0.1) is 5.82 Å². The highest BCUT2D eigenvalue weighted by molar-refractivity contribution is 6.14. The molecule has 2 aromatic heterocycles. The van der Waals surface area contributed by atoms with Crippen molar-refractivity contribution in [2.75, 3.05) is 10.6 Å². The van der Waals surface area contributed by atoms with E-state index in [2.05, 4.69) is 41.1 Å². The zero-order chi connectivity index (χ0) is 28.7. The van der Waals surface area contributed by atoms with Crippen molar-refractivity contribution in [1.82, 2.24) is 30.2 Å². The molecule has 4 N–H and O–H groups in total. The summed E-state index contributed by atoms with van der Waals surface area (Å²) in [4.78, 5) is 32.6. The summed E-state index contributed by atoms with van der Waals surface area (Å²) in [5.74, 6) is -1.02. The first-order valence-corrected chi connectivity index (χ1v) is 12.4. The Morgan fingerprint density at radius 2 is 1.93 bits per heavy atom. The Labute approximate surface area is 228 Å². The number of nitrogens with one attached hydrogen (secondary N) is 4. The topological polar surface area (TPSA) is 135 Å². The fraction of sp³-hybridized carbons (Fsp3) is 0.192. The standard InChI is InChI=1S/C26H20F4N8O3/c27-16-4-7-19(13-2-1-3-18(9-13)41-26(28,29)30)14(8-16)11-31-23-35-21-15(10-20-22(39)36-25(40)34-20)12-32-38(21)24(37-23)33-17-5-6-17/h1-4,7-10,12,17H,5-6,11H2,(H2,31,33,35,37)(H2,34,36,39,40)/b20-10-. The number of urea groups is 1. The number of rotatable bonds is 8. The number of ether oxygens (including phenoxy) is 1. The van der Waals surface area contributed by atoms with E-state index >= 15 is 0 Å². The summed E-state index contributed by atoms with van der Waals surface area (Å²) in [5.41, 5.74) is 2.06. The van der Waals surface area contributed by atoms with E-state index in [1.807, 2.05) is 0 Å². The molecule has 0 bridgehead atoms. The molecule has 1 saturated carbocycles. The Morgan fingerprint density at radius 3 is 2.66 bits per heavy atom. The number of carbonyl (C=O) groups is 2. The maximum absolute atomic E-state index is 14.3. The van der Waals surface area contributed by atoms with Crippen LogP contribution in [0.15, 0.2) is 54.4 Å². The van der Waals surface area contributed by atoms with Crippen LogP contribution in [0.2, 0.25) is 0 Å². The molecular formula is C26H20F4N8O3. The van der Waals surface area contributed by atoms with Crippen LogP contribution in [0.5, 0.6) is 5.75 Å². The molecule has 3 amide bonds. The molecule has 41 heavy (non-hydrogen) atoms. The molecular weight excluding hydrogens is 548 g/mol. The van der Waals surface area contributed by atoms with Crippen molar-refractivity contribution in [3.8, 4) is 16.9 Å².